The predicted octanol–water partition coefficient (Wildman–Crippen LogP) is 2.01. The van der Waals surface area contributed by atoms with Crippen molar-refractivity contribution in [2.45, 2.75) is 24.8 Å². The number of hydrogen-bond acceptors (Lipinski definition) is 4. The first-order valence-electron chi connectivity index (χ1n) is 7.92. The molecule has 0 bridgehead atoms. The predicted molar refractivity (Wildman–Crippen MR) is 95.4 cm³/mol. The van der Waals surface area contributed by atoms with Crippen molar-refractivity contribution in [1.29, 1.82) is 0 Å². The number of likely N-dealkylation sites (N-methyl/N-ethyl adjacent to an activating group) is 1. The zero-order valence-corrected chi connectivity index (χ0v) is 15.1. The van der Waals surface area contributed by atoms with Crippen LogP contribution in [0, 0.1) is 13.8 Å². The molecule has 25 heavy (non-hydrogen) atoms. The van der Waals surface area contributed by atoms with Gasteiger partial charge in [-0.25, -0.2) is 8.42 Å². The van der Waals surface area contributed by atoms with Crippen molar-refractivity contribution >= 4 is 21.6 Å². The number of nitrogens with one attached hydrogen (secondary N) is 1. The number of ether oxygens (including phenoxy) is 1. The molecule has 0 aromatic heterocycles. The molecule has 0 saturated carbocycles. The molecule has 7 heteroatoms. The summed E-state index contributed by atoms with van der Waals surface area (Å²) in [5.41, 5.74) is 2.34. The summed E-state index contributed by atoms with van der Waals surface area (Å²) in [5.74, 6) is 0.00421. The van der Waals surface area contributed by atoms with E-state index in [0.29, 0.717) is 11.4 Å². The number of aryl methyl sites for hydroxylation is 2. The monoisotopic (exact) mass is 360 g/mol. The summed E-state index contributed by atoms with van der Waals surface area (Å²) in [6.45, 7) is 3.72. The second-order valence-corrected chi connectivity index (χ2v) is 7.83. The first-order valence-corrected chi connectivity index (χ1v) is 9.36. The molecule has 1 unspecified atom stereocenters. The molecule has 1 atom stereocenters. The highest BCUT2D eigenvalue weighted by molar-refractivity contribution is 7.92. The third-order valence-electron chi connectivity index (χ3n) is 4.34. The van der Waals surface area contributed by atoms with Gasteiger partial charge in [-0.15, -0.1) is 0 Å². The van der Waals surface area contributed by atoms with Crippen molar-refractivity contribution in [2.75, 3.05) is 17.9 Å². The molecule has 3 rings (SSSR count). The number of fused-ring (bicyclic) bond motifs is 1. The van der Waals surface area contributed by atoms with E-state index in [2.05, 4.69) is 5.32 Å². The standard InChI is InChI=1S/C18H20N2O4S/c1-12-8-9-14(10-13(12)2)25(22,23)20-11-17(18(21)19-3)24-16-7-5-4-6-15(16)20/h4-10,17H,11H2,1-3H3,(H,19,21). The molecular weight excluding hydrogens is 340 g/mol. The Balaban J connectivity index is 2.10. The van der Waals surface area contributed by atoms with E-state index >= 15 is 0 Å². The van der Waals surface area contributed by atoms with E-state index in [1.54, 1.807) is 42.5 Å². The molecule has 0 aliphatic carbocycles. The highest BCUT2D eigenvalue weighted by atomic mass is 32.2. The van der Waals surface area contributed by atoms with Crippen molar-refractivity contribution in [3.63, 3.8) is 0 Å². The summed E-state index contributed by atoms with van der Waals surface area (Å²) in [4.78, 5) is 12.2. The van der Waals surface area contributed by atoms with Crippen LogP contribution in [0.15, 0.2) is 47.4 Å². The van der Waals surface area contributed by atoms with Crippen molar-refractivity contribution in [1.82, 2.24) is 5.32 Å². The van der Waals surface area contributed by atoms with Gasteiger partial charge in [-0.1, -0.05) is 18.2 Å². The molecule has 0 saturated heterocycles. The number of rotatable bonds is 3. The van der Waals surface area contributed by atoms with Crippen molar-refractivity contribution in [2.24, 2.45) is 0 Å². The number of para-hydroxylation sites is 2. The Hall–Kier alpha value is -2.54. The number of nitrogens with zero attached hydrogens (tertiary/aromatic N) is 1. The molecule has 2 aromatic rings. The van der Waals surface area contributed by atoms with Gasteiger partial charge in [-0.05, 0) is 49.2 Å². The lowest BCUT2D eigenvalue weighted by Crippen LogP contribution is -2.50. The summed E-state index contributed by atoms with van der Waals surface area (Å²) >= 11 is 0. The Morgan fingerprint density at radius 2 is 1.88 bits per heavy atom. The summed E-state index contributed by atoms with van der Waals surface area (Å²) in [6.07, 6.45) is -0.902. The maximum Gasteiger partial charge on any atom is 0.264 e. The van der Waals surface area contributed by atoms with Gasteiger partial charge in [0.25, 0.3) is 15.9 Å². The van der Waals surface area contributed by atoms with Crippen LogP contribution in [-0.2, 0) is 14.8 Å². The molecule has 0 fully saturated rings. The fraction of sp³-hybridized carbons (Fsp3) is 0.278. The van der Waals surface area contributed by atoms with Gasteiger partial charge < -0.3 is 10.1 Å². The van der Waals surface area contributed by atoms with Crippen LogP contribution in [-0.4, -0.2) is 34.0 Å². The molecule has 0 radical (unpaired) electrons. The summed E-state index contributed by atoms with van der Waals surface area (Å²) < 4.78 is 33.3. The minimum Gasteiger partial charge on any atom is -0.476 e. The molecule has 1 amide bonds. The molecule has 6 nitrogen and oxygen atoms in total. The number of benzene rings is 2. The van der Waals surface area contributed by atoms with Crippen molar-refractivity contribution < 1.29 is 17.9 Å². The SMILES string of the molecule is CNC(=O)C1CN(S(=O)(=O)c2ccc(C)c(C)c2)c2ccccc2O1. The normalized spacial score (nSPS) is 16.8. The van der Waals surface area contributed by atoms with Gasteiger partial charge in [0.05, 0.1) is 17.1 Å². The largest absolute Gasteiger partial charge is 0.476 e. The van der Waals surface area contributed by atoms with E-state index in [9.17, 15) is 13.2 Å². The Morgan fingerprint density at radius 3 is 2.56 bits per heavy atom. The molecule has 132 valence electrons. The second kappa shape index (κ2) is 6.40. The van der Waals surface area contributed by atoms with Crippen LogP contribution >= 0.6 is 0 Å². The zero-order chi connectivity index (χ0) is 18.2. The Kier molecular flexibility index (Phi) is 4.43. The third-order valence-corrected chi connectivity index (χ3v) is 6.12. The van der Waals surface area contributed by atoms with Gasteiger partial charge in [0.2, 0.25) is 0 Å². The van der Waals surface area contributed by atoms with E-state index < -0.39 is 16.1 Å². The van der Waals surface area contributed by atoms with Crippen LogP contribution in [0.25, 0.3) is 0 Å². The van der Waals surface area contributed by atoms with Crippen LogP contribution in [0.4, 0.5) is 5.69 Å². The molecule has 2 aromatic carbocycles. The third kappa shape index (κ3) is 3.07. The Bertz CT molecular complexity index is 924. The van der Waals surface area contributed by atoms with E-state index in [1.165, 1.54) is 11.4 Å². The lowest BCUT2D eigenvalue weighted by Gasteiger charge is -2.34. The fourth-order valence-electron chi connectivity index (χ4n) is 2.73. The van der Waals surface area contributed by atoms with Gasteiger partial charge in [-0.3, -0.25) is 9.10 Å². The van der Waals surface area contributed by atoms with Gasteiger partial charge >= 0.3 is 0 Å². The molecule has 1 N–H and O–H groups in total. The van der Waals surface area contributed by atoms with E-state index in [1.807, 2.05) is 13.8 Å². The van der Waals surface area contributed by atoms with Crippen LogP contribution in [0.5, 0.6) is 5.75 Å². The fourth-order valence-corrected chi connectivity index (χ4v) is 4.29. The number of sulfonamides is 1. The Labute approximate surface area is 147 Å². The molecule has 1 aliphatic heterocycles. The van der Waals surface area contributed by atoms with Crippen LogP contribution < -0.4 is 14.4 Å². The van der Waals surface area contributed by atoms with Crippen molar-refractivity contribution in [3.05, 3.63) is 53.6 Å². The average Bonchev–Trinajstić information content (AvgIpc) is 2.62. The topological polar surface area (TPSA) is 75.7 Å². The number of amides is 1. The second-order valence-electron chi connectivity index (χ2n) is 5.97. The first-order chi connectivity index (χ1) is 11.8. The minimum atomic E-state index is -3.82. The summed E-state index contributed by atoms with van der Waals surface area (Å²) in [7, 11) is -2.32. The van der Waals surface area contributed by atoms with Crippen LogP contribution in [0.1, 0.15) is 11.1 Å². The van der Waals surface area contributed by atoms with E-state index in [4.69, 9.17) is 4.74 Å². The zero-order valence-electron chi connectivity index (χ0n) is 14.3. The molecule has 0 spiro atoms. The molecular formula is C18H20N2O4S. The van der Waals surface area contributed by atoms with E-state index in [0.717, 1.165) is 11.1 Å². The van der Waals surface area contributed by atoms with Crippen molar-refractivity contribution in [3.8, 4) is 5.75 Å². The smallest absolute Gasteiger partial charge is 0.264 e. The number of carbonyl (C=O) groups is 1. The van der Waals surface area contributed by atoms with E-state index in [-0.39, 0.29) is 17.3 Å². The van der Waals surface area contributed by atoms with Gasteiger partial charge in [0.15, 0.2) is 6.10 Å². The van der Waals surface area contributed by atoms with Crippen LogP contribution in [0.2, 0.25) is 0 Å². The molecule has 1 aliphatic rings. The average molecular weight is 360 g/mol. The lowest BCUT2D eigenvalue weighted by molar-refractivity contribution is -0.127. The number of carbonyl (C=O) groups excluding carboxylic acids is 1. The van der Waals surface area contributed by atoms with Gasteiger partial charge in [0.1, 0.15) is 5.75 Å². The van der Waals surface area contributed by atoms with Gasteiger partial charge in [0, 0.05) is 7.05 Å². The maximum absolute atomic E-state index is 13.2. The summed E-state index contributed by atoms with van der Waals surface area (Å²) in [6, 6.07) is 11.8. The lowest BCUT2D eigenvalue weighted by atomic mass is 10.1. The minimum absolute atomic E-state index is 0.0774. The number of hydrogen-bond donors (Lipinski definition) is 1. The van der Waals surface area contributed by atoms with Crippen LogP contribution in [0.3, 0.4) is 0 Å². The first kappa shape index (κ1) is 17.3. The Morgan fingerprint density at radius 1 is 1.16 bits per heavy atom. The molecule has 1 heterocycles. The highest BCUT2D eigenvalue weighted by Gasteiger charge is 2.37. The summed E-state index contributed by atoms with van der Waals surface area (Å²) in [5, 5.41) is 2.51. The highest BCUT2D eigenvalue weighted by Crippen LogP contribution is 2.36. The quantitative estimate of drug-likeness (QED) is 0.908. The maximum atomic E-state index is 13.2. The number of anilines is 1. The van der Waals surface area contributed by atoms with Gasteiger partial charge in [-0.2, -0.15) is 0 Å².